The Labute approximate surface area is 113 Å². The van der Waals surface area contributed by atoms with Gasteiger partial charge in [-0.25, -0.2) is 0 Å². The van der Waals surface area contributed by atoms with Crippen molar-refractivity contribution in [2.24, 2.45) is 5.92 Å². The van der Waals surface area contributed by atoms with Crippen molar-refractivity contribution < 1.29 is 4.42 Å². The molecule has 1 aromatic heterocycles. The number of anilines is 1. The van der Waals surface area contributed by atoms with Crippen LogP contribution in [-0.4, -0.2) is 42.6 Å². The van der Waals surface area contributed by atoms with Crippen LogP contribution in [0.25, 0.3) is 11.1 Å². The highest BCUT2D eigenvalue weighted by atomic mass is 16.4. The van der Waals surface area contributed by atoms with E-state index in [0.717, 1.165) is 36.1 Å². The third-order valence-electron chi connectivity index (χ3n) is 4.63. The van der Waals surface area contributed by atoms with Crippen LogP contribution in [0.2, 0.25) is 0 Å². The molecule has 3 heterocycles. The van der Waals surface area contributed by atoms with Crippen molar-refractivity contribution in [3.8, 4) is 0 Å². The van der Waals surface area contributed by atoms with E-state index < -0.39 is 0 Å². The average Bonchev–Trinajstić information content (AvgIpc) is 3.04. The summed E-state index contributed by atoms with van der Waals surface area (Å²) in [6.07, 6.45) is 1.30. The largest absolute Gasteiger partial charge is 0.423 e. The molecule has 100 valence electrons. The lowest BCUT2D eigenvalue weighted by atomic mass is 10.1. The van der Waals surface area contributed by atoms with E-state index in [9.17, 15) is 0 Å². The Bertz CT molecular complexity index is 621. The van der Waals surface area contributed by atoms with E-state index in [1.165, 1.54) is 18.5 Å². The molecule has 2 saturated heterocycles. The van der Waals surface area contributed by atoms with Gasteiger partial charge in [-0.05, 0) is 50.6 Å². The molecule has 0 bridgehead atoms. The Morgan fingerprint density at radius 3 is 3.05 bits per heavy atom. The molecular weight excluding hydrogens is 238 g/mol. The number of rotatable bonds is 1. The minimum atomic E-state index is 0.678. The lowest BCUT2D eigenvalue weighted by Gasteiger charge is -2.19. The summed E-state index contributed by atoms with van der Waals surface area (Å²) in [6.45, 7) is 5.45. The summed E-state index contributed by atoms with van der Waals surface area (Å²) in [5.74, 6) is 0.779. The van der Waals surface area contributed by atoms with Crippen LogP contribution in [0, 0.1) is 12.8 Å². The van der Waals surface area contributed by atoms with Gasteiger partial charge < -0.3 is 14.2 Å². The van der Waals surface area contributed by atoms with E-state index in [1.807, 2.05) is 6.07 Å². The first kappa shape index (κ1) is 11.3. The summed E-state index contributed by atoms with van der Waals surface area (Å²) in [7, 11) is 2.23. The molecule has 0 saturated carbocycles. The molecule has 0 radical (unpaired) electrons. The van der Waals surface area contributed by atoms with Crippen LogP contribution in [0.5, 0.6) is 0 Å². The van der Waals surface area contributed by atoms with E-state index in [4.69, 9.17) is 4.42 Å². The van der Waals surface area contributed by atoms with Crippen molar-refractivity contribution in [2.75, 3.05) is 31.6 Å². The molecule has 2 aliphatic heterocycles. The fraction of sp³-hybridized carbons (Fsp3) is 0.533. The highest BCUT2D eigenvalue weighted by Crippen LogP contribution is 2.34. The summed E-state index contributed by atoms with van der Waals surface area (Å²) >= 11 is 0. The second kappa shape index (κ2) is 3.97. The predicted octanol–water partition coefficient (Wildman–Crippen LogP) is 2.28. The summed E-state index contributed by atoms with van der Waals surface area (Å²) in [6, 6.07) is 7.65. The second-order valence-corrected chi connectivity index (χ2v) is 5.97. The number of benzene rings is 1. The lowest BCUT2D eigenvalue weighted by molar-refractivity contribution is 0.310. The van der Waals surface area contributed by atoms with Crippen molar-refractivity contribution >= 4 is 17.1 Å². The third-order valence-corrected chi connectivity index (χ3v) is 4.63. The van der Waals surface area contributed by atoms with E-state index >= 15 is 0 Å². The number of fused-ring (bicyclic) bond motifs is 2. The molecule has 0 aliphatic carbocycles. The standard InChI is InChI=1S/C15H19N3O/c1-10-3-4-14-12(7-10)16-15(19-14)18-8-11-5-6-17(2)13(11)9-18/h3-4,7,11,13H,5-6,8-9H2,1-2H3/t11-,13+/m1/s1. The minimum absolute atomic E-state index is 0.678. The number of aryl methyl sites for hydroxylation is 1. The Morgan fingerprint density at radius 2 is 2.21 bits per heavy atom. The monoisotopic (exact) mass is 257 g/mol. The normalized spacial score (nSPS) is 27.4. The van der Waals surface area contributed by atoms with E-state index in [2.05, 4.69) is 40.9 Å². The summed E-state index contributed by atoms with van der Waals surface area (Å²) < 4.78 is 5.90. The number of oxazole rings is 1. The van der Waals surface area contributed by atoms with Crippen LogP contribution in [0.1, 0.15) is 12.0 Å². The molecule has 0 spiro atoms. The van der Waals surface area contributed by atoms with Gasteiger partial charge in [0.25, 0.3) is 6.01 Å². The molecule has 0 amide bonds. The summed E-state index contributed by atoms with van der Waals surface area (Å²) in [5.41, 5.74) is 3.09. The average molecular weight is 257 g/mol. The van der Waals surface area contributed by atoms with E-state index in [1.54, 1.807) is 0 Å². The van der Waals surface area contributed by atoms with Crippen LogP contribution < -0.4 is 4.90 Å². The number of hydrogen-bond donors (Lipinski definition) is 0. The van der Waals surface area contributed by atoms with Gasteiger partial charge in [-0.2, -0.15) is 4.98 Å². The van der Waals surface area contributed by atoms with E-state index in [0.29, 0.717) is 6.04 Å². The zero-order valence-electron chi connectivity index (χ0n) is 11.5. The second-order valence-electron chi connectivity index (χ2n) is 5.97. The first-order valence-corrected chi connectivity index (χ1v) is 7.03. The van der Waals surface area contributed by atoms with E-state index in [-0.39, 0.29) is 0 Å². The molecule has 1 aromatic carbocycles. The van der Waals surface area contributed by atoms with Crippen molar-refractivity contribution in [2.45, 2.75) is 19.4 Å². The fourth-order valence-corrected chi connectivity index (χ4v) is 3.49. The summed E-state index contributed by atoms with van der Waals surface area (Å²) in [5, 5.41) is 0. The molecular formula is C15H19N3O. The Morgan fingerprint density at radius 1 is 1.32 bits per heavy atom. The maximum Gasteiger partial charge on any atom is 0.298 e. The Hall–Kier alpha value is -1.55. The van der Waals surface area contributed by atoms with Gasteiger partial charge in [0.15, 0.2) is 5.58 Å². The topological polar surface area (TPSA) is 32.5 Å². The first-order valence-electron chi connectivity index (χ1n) is 7.03. The minimum Gasteiger partial charge on any atom is -0.423 e. The highest BCUT2D eigenvalue weighted by Gasteiger charge is 2.40. The van der Waals surface area contributed by atoms with Gasteiger partial charge in [-0.15, -0.1) is 0 Å². The molecule has 2 aliphatic rings. The van der Waals surface area contributed by atoms with Crippen LogP contribution >= 0.6 is 0 Å². The first-order chi connectivity index (χ1) is 9.20. The van der Waals surface area contributed by atoms with Crippen molar-refractivity contribution in [1.29, 1.82) is 0 Å². The van der Waals surface area contributed by atoms with Gasteiger partial charge in [0.2, 0.25) is 0 Å². The lowest BCUT2D eigenvalue weighted by Crippen LogP contribution is -2.32. The maximum absolute atomic E-state index is 5.90. The molecule has 4 nitrogen and oxygen atoms in total. The van der Waals surface area contributed by atoms with Gasteiger partial charge >= 0.3 is 0 Å². The predicted molar refractivity (Wildman–Crippen MR) is 75.5 cm³/mol. The van der Waals surface area contributed by atoms with Gasteiger partial charge in [-0.3, -0.25) is 0 Å². The quantitative estimate of drug-likeness (QED) is 0.784. The summed E-state index contributed by atoms with van der Waals surface area (Å²) in [4.78, 5) is 9.42. The van der Waals surface area contributed by atoms with Crippen molar-refractivity contribution in [1.82, 2.24) is 9.88 Å². The van der Waals surface area contributed by atoms with Crippen LogP contribution in [0.3, 0.4) is 0 Å². The van der Waals surface area contributed by atoms with Crippen LogP contribution in [-0.2, 0) is 0 Å². The molecule has 4 rings (SSSR count). The SMILES string of the molecule is Cc1ccc2oc(N3C[C@H]4CCN(C)[C@H]4C3)nc2c1. The molecule has 2 atom stereocenters. The Kier molecular flexibility index (Phi) is 2.36. The van der Waals surface area contributed by atoms with Crippen LogP contribution in [0.4, 0.5) is 6.01 Å². The number of likely N-dealkylation sites (tertiary alicyclic amines) is 1. The molecule has 19 heavy (non-hydrogen) atoms. The van der Waals surface area contributed by atoms with Gasteiger partial charge in [0.05, 0.1) is 0 Å². The van der Waals surface area contributed by atoms with Gasteiger partial charge in [0.1, 0.15) is 5.52 Å². The third kappa shape index (κ3) is 1.74. The molecule has 0 unspecified atom stereocenters. The van der Waals surface area contributed by atoms with Gasteiger partial charge in [0, 0.05) is 19.1 Å². The number of likely N-dealkylation sites (N-methyl/N-ethyl adjacent to an activating group) is 1. The smallest absolute Gasteiger partial charge is 0.298 e. The highest BCUT2D eigenvalue weighted by molar-refractivity contribution is 5.75. The zero-order chi connectivity index (χ0) is 13.0. The number of aromatic nitrogens is 1. The number of nitrogens with zero attached hydrogens (tertiary/aromatic N) is 3. The maximum atomic E-state index is 5.90. The Balaban J connectivity index is 1.65. The molecule has 0 N–H and O–H groups in total. The fourth-order valence-electron chi connectivity index (χ4n) is 3.49. The van der Waals surface area contributed by atoms with Crippen LogP contribution in [0.15, 0.2) is 22.6 Å². The number of hydrogen-bond acceptors (Lipinski definition) is 4. The van der Waals surface area contributed by atoms with Crippen molar-refractivity contribution in [3.05, 3.63) is 23.8 Å². The van der Waals surface area contributed by atoms with Crippen molar-refractivity contribution in [3.63, 3.8) is 0 Å². The molecule has 2 fully saturated rings. The molecule has 2 aromatic rings. The zero-order valence-corrected chi connectivity index (χ0v) is 11.5. The molecule has 4 heteroatoms. The van der Waals surface area contributed by atoms with Gasteiger partial charge in [-0.1, -0.05) is 6.07 Å².